The standard InChI is InChI=1S/C17H18BrN3O2/c1-11-3-4-12(2)21(11)19-17(23)13-9-16(22)20(10-13)15-7-5-14(18)6-8-15/h3-8,13H,9-10H2,1-2H3,(H,19,23). The van der Waals surface area contributed by atoms with Gasteiger partial charge in [-0.05, 0) is 50.2 Å². The second-order valence-electron chi connectivity index (χ2n) is 5.81. The normalized spacial score (nSPS) is 17.6. The minimum absolute atomic E-state index is 0.0200. The molecule has 120 valence electrons. The fraction of sp³-hybridized carbons (Fsp3) is 0.294. The van der Waals surface area contributed by atoms with Crippen molar-refractivity contribution in [2.45, 2.75) is 20.3 Å². The van der Waals surface area contributed by atoms with E-state index in [-0.39, 0.29) is 24.2 Å². The molecule has 2 aromatic rings. The molecule has 3 rings (SSSR count). The fourth-order valence-electron chi connectivity index (χ4n) is 2.80. The summed E-state index contributed by atoms with van der Waals surface area (Å²) in [4.78, 5) is 26.4. The number of aromatic nitrogens is 1. The highest BCUT2D eigenvalue weighted by Crippen LogP contribution is 2.26. The summed E-state index contributed by atoms with van der Waals surface area (Å²) >= 11 is 3.38. The molecule has 2 heterocycles. The summed E-state index contributed by atoms with van der Waals surface area (Å²) in [5.74, 6) is -0.485. The minimum atomic E-state index is -0.340. The Morgan fingerprint density at radius 1 is 1.13 bits per heavy atom. The molecule has 0 aliphatic carbocycles. The van der Waals surface area contributed by atoms with Crippen molar-refractivity contribution in [1.82, 2.24) is 4.68 Å². The highest BCUT2D eigenvalue weighted by atomic mass is 79.9. The lowest BCUT2D eigenvalue weighted by atomic mass is 10.1. The van der Waals surface area contributed by atoms with Gasteiger partial charge < -0.3 is 4.90 Å². The highest BCUT2D eigenvalue weighted by molar-refractivity contribution is 9.10. The van der Waals surface area contributed by atoms with Gasteiger partial charge in [-0.1, -0.05) is 15.9 Å². The third kappa shape index (κ3) is 3.17. The Morgan fingerprint density at radius 2 is 1.74 bits per heavy atom. The molecule has 0 saturated carbocycles. The van der Waals surface area contributed by atoms with Crippen LogP contribution in [0.2, 0.25) is 0 Å². The van der Waals surface area contributed by atoms with Gasteiger partial charge in [-0.25, -0.2) is 0 Å². The van der Waals surface area contributed by atoms with Crippen LogP contribution in [0.4, 0.5) is 5.69 Å². The lowest BCUT2D eigenvalue weighted by molar-refractivity contribution is -0.123. The first-order chi connectivity index (χ1) is 11.0. The van der Waals surface area contributed by atoms with Crippen LogP contribution in [0, 0.1) is 19.8 Å². The first-order valence-electron chi connectivity index (χ1n) is 7.47. The topological polar surface area (TPSA) is 54.3 Å². The average Bonchev–Trinajstić information content (AvgIpc) is 3.05. The second kappa shape index (κ2) is 6.20. The molecular weight excluding hydrogens is 358 g/mol. The van der Waals surface area contributed by atoms with Gasteiger partial charge in [-0.15, -0.1) is 0 Å². The molecule has 0 radical (unpaired) electrons. The van der Waals surface area contributed by atoms with E-state index in [0.717, 1.165) is 21.5 Å². The number of halogens is 1. The summed E-state index contributed by atoms with van der Waals surface area (Å²) in [5.41, 5.74) is 5.64. The van der Waals surface area contributed by atoms with E-state index in [1.807, 2.05) is 50.2 Å². The largest absolute Gasteiger partial charge is 0.312 e. The van der Waals surface area contributed by atoms with Gasteiger partial charge in [0.05, 0.1) is 5.92 Å². The maximum atomic E-state index is 12.5. The molecule has 0 bridgehead atoms. The molecule has 5 nitrogen and oxygen atoms in total. The number of aryl methyl sites for hydroxylation is 2. The van der Waals surface area contributed by atoms with Gasteiger partial charge in [0.2, 0.25) is 11.8 Å². The molecule has 1 aromatic heterocycles. The Balaban J connectivity index is 1.72. The highest BCUT2D eigenvalue weighted by Gasteiger charge is 2.35. The molecule has 1 aliphatic heterocycles. The predicted octanol–water partition coefficient (Wildman–Crippen LogP) is 2.99. The third-order valence-electron chi connectivity index (χ3n) is 4.13. The molecular formula is C17H18BrN3O2. The van der Waals surface area contributed by atoms with Crippen LogP contribution in [-0.2, 0) is 9.59 Å². The number of nitrogens with zero attached hydrogens (tertiary/aromatic N) is 2. The quantitative estimate of drug-likeness (QED) is 0.896. The molecule has 23 heavy (non-hydrogen) atoms. The van der Waals surface area contributed by atoms with E-state index in [2.05, 4.69) is 21.4 Å². The van der Waals surface area contributed by atoms with Crippen LogP contribution in [0.1, 0.15) is 17.8 Å². The van der Waals surface area contributed by atoms with E-state index in [9.17, 15) is 9.59 Å². The van der Waals surface area contributed by atoms with Crippen molar-refractivity contribution in [2.24, 2.45) is 5.92 Å². The van der Waals surface area contributed by atoms with Crippen LogP contribution in [0.25, 0.3) is 0 Å². The van der Waals surface area contributed by atoms with Gasteiger partial charge >= 0.3 is 0 Å². The Bertz CT molecular complexity index is 732. The number of carbonyl (C=O) groups is 2. The molecule has 6 heteroatoms. The number of hydrogen-bond donors (Lipinski definition) is 1. The van der Waals surface area contributed by atoms with E-state index in [4.69, 9.17) is 0 Å². The van der Waals surface area contributed by atoms with Crippen molar-refractivity contribution < 1.29 is 9.59 Å². The number of rotatable bonds is 3. The third-order valence-corrected chi connectivity index (χ3v) is 4.66. The van der Waals surface area contributed by atoms with Gasteiger partial charge in [0.15, 0.2) is 0 Å². The van der Waals surface area contributed by atoms with Crippen LogP contribution >= 0.6 is 15.9 Å². The molecule has 1 unspecified atom stereocenters. The Hall–Kier alpha value is -2.08. The number of amides is 2. The summed E-state index contributed by atoms with van der Waals surface area (Å²) in [6.45, 7) is 4.27. The van der Waals surface area contributed by atoms with Crippen LogP contribution in [0.15, 0.2) is 40.9 Å². The maximum absolute atomic E-state index is 12.5. The minimum Gasteiger partial charge on any atom is -0.312 e. The zero-order chi connectivity index (χ0) is 16.6. The fourth-order valence-corrected chi connectivity index (χ4v) is 3.06. The Labute approximate surface area is 143 Å². The molecule has 1 atom stereocenters. The van der Waals surface area contributed by atoms with Gasteiger partial charge in [0.1, 0.15) is 0 Å². The first kappa shape index (κ1) is 15.8. The summed E-state index contributed by atoms with van der Waals surface area (Å²) in [6.07, 6.45) is 0.237. The molecule has 1 fully saturated rings. The molecule has 1 saturated heterocycles. The number of carbonyl (C=O) groups excluding carboxylic acids is 2. The lowest BCUT2D eigenvalue weighted by Gasteiger charge is -2.17. The van der Waals surface area contributed by atoms with Crippen molar-refractivity contribution in [1.29, 1.82) is 0 Å². The van der Waals surface area contributed by atoms with Crippen molar-refractivity contribution in [3.8, 4) is 0 Å². The van der Waals surface area contributed by atoms with E-state index in [1.54, 1.807) is 9.58 Å². The lowest BCUT2D eigenvalue weighted by Crippen LogP contribution is -2.32. The van der Waals surface area contributed by atoms with Crippen molar-refractivity contribution in [2.75, 3.05) is 16.9 Å². The second-order valence-corrected chi connectivity index (χ2v) is 6.73. The number of anilines is 1. The number of hydrogen-bond acceptors (Lipinski definition) is 2. The predicted molar refractivity (Wildman–Crippen MR) is 92.9 cm³/mol. The van der Waals surface area contributed by atoms with E-state index < -0.39 is 0 Å². The van der Waals surface area contributed by atoms with Crippen LogP contribution in [0.3, 0.4) is 0 Å². The van der Waals surface area contributed by atoms with Crippen LogP contribution < -0.4 is 10.3 Å². The summed E-state index contributed by atoms with van der Waals surface area (Å²) in [5, 5.41) is 0. The van der Waals surface area contributed by atoms with Crippen molar-refractivity contribution >= 4 is 33.4 Å². The van der Waals surface area contributed by atoms with E-state index in [1.165, 1.54) is 0 Å². The maximum Gasteiger partial charge on any atom is 0.244 e. The van der Waals surface area contributed by atoms with Crippen LogP contribution in [-0.4, -0.2) is 23.0 Å². The zero-order valence-electron chi connectivity index (χ0n) is 13.0. The summed E-state index contributed by atoms with van der Waals surface area (Å²) < 4.78 is 2.72. The van der Waals surface area contributed by atoms with Gasteiger partial charge in [0.25, 0.3) is 0 Å². The van der Waals surface area contributed by atoms with E-state index >= 15 is 0 Å². The molecule has 2 amide bonds. The summed E-state index contributed by atoms with van der Waals surface area (Å²) in [7, 11) is 0. The van der Waals surface area contributed by atoms with E-state index in [0.29, 0.717) is 6.54 Å². The average molecular weight is 376 g/mol. The SMILES string of the molecule is Cc1ccc(C)n1NC(=O)C1CC(=O)N(c2ccc(Br)cc2)C1. The number of nitrogens with one attached hydrogen (secondary N) is 1. The Morgan fingerprint density at radius 3 is 2.35 bits per heavy atom. The van der Waals surface area contributed by atoms with Gasteiger partial charge in [-0.3, -0.25) is 19.7 Å². The van der Waals surface area contributed by atoms with Crippen molar-refractivity contribution in [3.05, 3.63) is 52.3 Å². The molecule has 1 aliphatic rings. The zero-order valence-corrected chi connectivity index (χ0v) is 14.6. The molecule has 0 spiro atoms. The number of benzene rings is 1. The molecule has 1 aromatic carbocycles. The van der Waals surface area contributed by atoms with Crippen LogP contribution in [0.5, 0.6) is 0 Å². The smallest absolute Gasteiger partial charge is 0.244 e. The Kier molecular flexibility index (Phi) is 4.26. The molecule has 1 N–H and O–H groups in total. The summed E-state index contributed by atoms with van der Waals surface area (Å²) in [6, 6.07) is 11.4. The van der Waals surface area contributed by atoms with Gasteiger partial charge in [-0.2, -0.15) is 0 Å². The van der Waals surface area contributed by atoms with Gasteiger partial charge in [0, 0.05) is 34.5 Å². The van der Waals surface area contributed by atoms with Crippen molar-refractivity contribution in [3.63, 3.8) is 0 Å². The first-order valence-corrected chi connectivity index (χ1v) is 8.27. The monoisotopic (exact) mass is 375 g/mol.